The van der Waals surface area contributed by atoms with Gasteiger partial charge in [-0.05, 0) is 44.4 Å². The van der Waals surface area contributed by atoms with Crippen molar-refractivity contribution in [2.24, 2.45) is 0 Å². The van der Waals surface area contributed by atoms with E-state index in [0.29, 0.717) is 22.2 Å². The summed E-state index contributed by atoms with van der Waals surface area (Å²) in [5, 5.41) is 13.4. The SMILES string of the molecule is CCOC(=O)c1c(N/C(SC)=C(/C#N)C(=O)OC)sc2c1CCCC2. The maximum atomic E-state index is 12.5. The third-order valence-corrected chi connectivity index (χ3v) is 5.73. The number of thioether (sulfide) groups is 1. The maximum Gasteiger partial charge on any atom is 0.351 e. The second kappa shape index (κ2) is 8.92. The number of rotatable bonds is 6. The molecule has 0 saturated carbocycles. The molecule has 1 aromatic rings. The Morgan fingerprint density at radius 1 is 1.36 bits per heavy atom. The highest BCUT2D eigenvalue weighted by Crippen LogP contribution is 2.40. The van der Waals surface area contributed by atoms with E-state index in [1.54, 1.807) is 13.2 Å². The van der Waals surface area contributed by atoms with Crippen LogP contribution in [0.15, 0.2) is 10.6 Å². The predicted octanol–water partition coefficient (Wildman–Crippen LogP) is 3.49. The summed E-state index contributed by atoms with van der Waals surface area (Å²) >= 11 is 2.71. The smallest absolute Gasteiger partial charge is 0.351 e. The van der Waals surface area contributed by atoms with Gasteiger partial charge in [0, 0.05) is 4.88 Å². The topological polar surface area (TPSA) is 88.4 Å². The van der Waals surface area contributed by atoms with Crippen LogP contribution in [0.2, 0.25) is 0 Å². The maximum absolute atomic E-state index is 12.5. The van der Waals surface area contributed by atoms with Crippen LogP contribution in [0.4, 0.5) is 5.00 Å². The van der Waals surface area contributed by atoms with Crippen molar-refractivity contribution in [1.29, 1.82) is 5.26 Å². The minimum absolute atomic E-state index is 0.115. The van der Waals surface area contributed by atoms with Crippen LogP contribution in [0.5, 0.6) is 0 Å². The number of ether oxygens (including phenoxy) is 2. The normalized spacial score (nSPS) is 14.0. The minimum Gasteiger partial charge on any atom is -0.465 e. The number of hydrogen-bond donors (Lipinski definition) is 1. The van der Waals surface area contributed by atoms with Crippen LogP contribution in [-0.4, -0.2) is 31.9 Å². The van der Waals surface area contributed by atoms with Gasteiger partial charge in [0.1, 0.15) is 11.1 Å². The summed E-state index contributed by atoms with van der Waals surface area (Å²) < 4.78 is 9.87. The van der Waals surface area contributed by atoms with E-state index in [1.165, 1.54) is 30.2 Å². The minimum atomic E-state index is -0.710. The van der Waals surface area contributed by atoms with Gasteiger partial charge in [0.05, 0.1) is 24.3 Å². The Morgan fingerprint density at radius 2 is 2.08 bits per heavy atom. The number of methoxy groups -OCH3 is 1. The molecule has 0 aromatic carbocycles. The first-order chi connectivity index (χ1) is 12.1. The average molecular weight is 380 g/mol. The zero-order valence-electron chi connectivity index (χ0n) is 14.4. The summed E-state index contributed by atoms with van der Waals surface area (Å²) in [6.45, 7) is 2.06. The van der Waals surface area contributed by atoms with Crippen LogP contribution in [0.25, 0.3) is 0 Å². The number of anilines is 1. The second-order valence-corrected chi connectivity index (χ2v) is 7.19. The lowest BCUT2D eigenvalue weighted by atomic mass is 9.95. The standard InChI is InChI=1S/C17H20N2O4S2/c1-4-23-17(21)13-10-7-5-6-8-12(10)25-15(13)19-14(24-3)11(9-18)16(20)22-2/h19H,4-8H2,1-3H3/b14-11+. The molecule has 0 saturated heterocycles. The number of nitrogens with one attached hydrogen (secondary N) is 1. The molecule has 1 heterocycles. The fraction of sp³-hybridized carbons (Fsp3) is 0.471. The van der Waals surface area contributed by atoms with Crippen LogP contribution in [-0.2, 0) is 27.1 Å². The number of nitriles is 1. The first kappa shape index (κ1) is 19.3. The Kier molecular flexibility index (Phi) is 6.91. The Labute approximate surface area is 155 Å². The molecule has 1 aromatic heterocycles. The summed E-state index contributed by atoms with van der Waals surface area (Å²) in [5.41, 5.74) is 1.43. The summed E-state index contributed by atoms with van der Waals surface area (Å²) in [6.07, 6.45) is 5.63. The molecule has 0 bridgehead atoms. The van der Waals surface area contributed by atoms with Gasteiger partial charge in [-0.3, -0.25) is 0 Å². The molecule has 0 unspecified atom stereocenters. The average Bonchev–Trinajstić information content (AvgIpc) is 2.99. The molecule has 0 radical (unpaired) electrons. The van der Waals surface area contributed by atoms with Gasteiger partial charge in [0.15, 0.2) is 5.57 Å². The second-order valence-electron chi connectivity index (χ2n) is 5.27. The number of nitrogens with zero attached hydrogens (tertiary/aromatic N) is 1. The molecule has 0 fully saturated rings. The number of aryl methyl sites for hydroxylation is 1. The van der Waals surface area contributed by atoms with Gasteiger partial charge in [0.2, 0.25) is 0 Å². The summed E-state index contributed by atoms with van der Waals surface area (Å²) in [7, 11) is 1.23. The van der Waals surface area contributed by atoms with Crippen molar-refractivity contribution >= 4 is 40.0 Å². The van der Waals surface area contributed by atoms with Gasteiger partial charge in [-0.25, -0.2) is 9.59 Å². The Morgan fingerprint density at radius 3 is 2.68 bits per heavy atom. The van der Waals surface area contributed by atoms with E-state index in [-0.39, 0.29) is 11.5 Å². The van der Waals surface area contributed by atoms with E-state index in [2.05, 4.69) is 10.1 Å². The number of esters is 2. The van der Waals surface area contributed by atoms with Gasteiger partial charge in [-0.15, -0.1) is 23.1 Å². The molecule has 1 aliphatic rings. The lowest BCUT2D eigenvalue weighted by molar-refractivity contribution is -0.135. The van der Waals surface area contributed by atoms with Crippen LogP contribution in [0, 0.1) is 11.3 Å². The van der Waals surface area contributed by atoms with E-state index in [0.717, 1.165) is 36.1 Å². The first-order valence-electron chi connectivity index (χ1n) is 7.92. The summed E-state index contributed by atoms with van der Waals surface area (Å²) in [4.78, 5) is 25.4. The highest BCUT2D eigenvalue weighted by molar-refractivity contribution is 8.02. The number of fused-ring (bicyclic) bond motifs is 1. The molecule has 8 heteroatoms. The quantitative estimate of drug-likeness (QED) is 0.459. The number of carbonyl (C=O) groups is 2. The number of carbonyl (C=O) groups excluding carboxylic acids is 2. The molecule has 0 amide bonds. The molecule has 1 aliphatic carbocycles. The molecular weight excluding hydrogens is 360 g/mol. The zero-order valence-corrected chi connectivity index (χ0v) is 16.1. The Balaban J connectivity index is 2.49. The fourth-order valence-corrected chi connectivity index (χ4v) is 4.57. The third-order valence-electron chi connectivity index (χ3n) is 3.81. The van der Waals surface area contributed by atoms with Crippen molar-refractivity contribution in [3.63, 3.8) is 0 Å². The fourth-order valence-electron chi connectivity index (χ4n) is 2.68. The molecule has 1 N–H and O–H groups in total. The van der Waals surface area contributed by atoms with Crippen LogP contribution >= 0.6 is 23.1 Å². The van der Waals surface area contributed by atoms with E-state index in [9.17, 15) is 14.9 Å². The zero-order chi connectivity index (χ0) is 18.4. The molecule has 2 rings (SSSR count). The molecule has 134 valence electrons. The largest absolute Gasteiger partial charge is 0.465 e. The predicted molar refractivity (Wildman–Crippen MR) is 98.7 cm³/mol. The van der Waals surface area contributed by atoms with E-state index < -0.39 is 5.97 Å². The van der Waals surface area contributed by atoms with Crippen LogP contribution in [0.3, 0.4) is 0 Å². The van der Waals surface area contributed by atoms with Crippen molar-refractivity contribution in [3.8, 4) is 6.07 Å². The van der Waals surface area contributed by atoms with Crippen molar-refractivity contribution in [2.45, 2.75) is 32.6 Å². The Hall–Kier alpha value is -1.98. The lowest BCUT2D eigenvalue weighted by Crippen LogP contribution is -2.13. The monoisotopic (exact) mass is 380 g/mol. The van der Waals surface area contributed by atoms with Crippen molar-refractivity contribution in [1.82, 2.24) is 0 Å². The van der Waals surface area contributed by atoms with Gasteiger partial charge in [-0.2, -0.15) is 5.26 Å². The van der Waals surface area contributed by atoms with Gasteiger partial charge in [-0.1, -0.05) is 0 Å². The molecule has 25 heavy (non-hydrogen) atoms. The van der Waals surface area contributed by atoms with E-state index in [4.69, 9.17) is 4.74 Å². The molecular formula is C17H20N2O4S2. The van der Waals surface area contributed by atoms with Crippen LogP contribution in [0.1, 0.15) is 40.6 Å². The molecule has 0 aliphatic heterocycles. The highest BCUT2D eigenvalue weighted by Gasteiger charge is 2.27. The van der Waals surface area contributed by atoms with E-state index >= 15 is 0 Å². The first-order valence-corrected chi connectivity index (χ1v) is 9.96. The molecule has 6 nitrogen and oxygen atoms in total. The van der Waals surface area contributed by atoms with E-state index in [1.807, 2.05) is 6.07 Å². The summed E-state index contributed by atoms with van der Waals surface area (Å²) in [6, 6.07) is 1.87. The summed E-state index contributed by atoms with van der Waals surface area (Å²) in [5.74, 6) is -1.08. The van der Waals surface area contributed by atoms with Gasteiger partial charge in [0.25, 0.3) is 0 Å². The van der Waals surface area contributed by atoms with Crippen molar-refractivity contribution in [3.05, 3.63) is 26.6 Å². The number of hydrogen-bond acceptors (Lipinski definition) is 8. The number of thiophene rings is 1. The third kappa shape index (κ3) is 4.17. The Bertz CT molecular complexity index is 747. The van der Waals surface area contributed by atoms with Crippen LogP contribution < -0.4 is 5.32 Å². The molecule has 0 spiro atoms. The molecule has 0 atom stereocenters. The lowest BCUT2D eigenvalue weighted by Gasteiger charge is -2.13. The van der Waals surface area contributed by atoms with Crippen molar-refractivity contribution in [2.75, 3.05) is 25.3 Å². The highest BCUT2D eigenvalue weighted by atomic mass is 32.2. The van der Waals surface area contributed by atoms with Gasteiger partial charge < -0.3 is 14.8 Å². The van der Waals surface area contributed by atoms with Gasteiger partial charge >= 0.3 is 11.9 Å². The van der Waals surface area contributed by atoms with Crippen molar-refractivity contribution < 1.29 is 19.1 Å².